The summed E-state index contributed by atoms with van der Waals surface area (Å²) >= 11 is 0. The van der Waals surface area contributed by atoms with E-state index in [-0.39, 0.29) is 0 Å². The minimum absolute atomic E-state index is 0.576. The first-order chi connectivity index (χ1) is 27.8. The molecule has 3 aromatic heterocycles. The van der Waals surface area contributed by atoms with Crippen LogP contribution in [-0.4, -0.2) is 15.0 Å². The Hall–Kier alpha value is -7.63. The van der Waals surface area contributed by atoms with Gasteiger partial charge in [0, 0.05) is 38.2 Å². The zero-order valence-electron chi connectivity index (χ0n) is 29.9. The van der Waals surface area contributed by atoms with Crippen molar-refractivity contribution < 1.29 is 8.83 Å². The number of para-hydroxylation sites is 1. The first-order valence-corrected chi connectivity index (χ1v) is 18.8. The van der Waals surface area contributed by atoms with Crippen molar-refractivity contribution in [2.24, 2.45) is 0 Å². The van der Waals surface area contributed by atoms with Crippen LogP contribution in [0, 0.1) is 0 Å². The molecule has 0 fully saturated rings. The molecule has 0 spiro atoms. The first kappa shape index (κ1) is 30.8. The summed E-state index contributed by atoms with van der Waals surface area (Å²) in [6, 6.07) is 60.9. The maximum absolute atomic E-state index is 6.62. The number of rotatable bonds is 4. The van der Waals surface area contributed by atoms with Gasteiger partial charge in [-0.2, -0.15) is 0 Å². The van der Waals surface area contributed by atoms with Crippen LogP contribution >= 0.6 is 0 Å². The van der Waals surface area contributed by atoms with Gasteiger partial charge < -0.3 is 8.83 Å². The summed E-state index contributed by atoms with van der Waals surface area (Å²) in [5.41, 5.74) is 8.10. The van der Waals surface area contributed by atoms with Crippen LogP contribution in [0.4, 0.5) is 0 Å². The van der Waals surface area contributed by atoms with Crippen molar-refractivity contribution in [1.82, 2.24) is 15.0 Å². The highest BCUT2D eigenvalue weighted by Crippen LogP contribution is 2.45. The van der Waals surface area contributed by atoms with Crippen LogP contribution in [0.25, 0.3) is 121 Å². The Morgan fingerprint density at radius 1 is 0.268 bits per heavy atom. The maximum atomic E-state index is 6.62. The zero-order valence-corrected chi connectivity index (χ0v) is 29.9. The molecule has 12 rings (SSSR count). The number of nitrogens with zero attached hydrogens (tertiary/aromatic N) is 3. The van der Waals surface area contributed by atoms with Gasteiger partial charge in [-0.1, -0.05) is 146 Å². The molecule has 0 aliphatic heterocycles. The summed E-state index contributed by atoms with van der Waals surface area (Å²) in [6.45, 7) is 0. The van der Waals surface area contributed by atoms with E-state index >= 15 is 0 Å². The van der Waals surface area contributed by atoms with Crippen LogP contribution in [-0.2, 0) is 0 Å². The monoisotopic (exact) mass is 715 g/mol. The fourth-order valence-electron chi connectivity index (χ4n) is 8.66. The largest absolute Gasteiger partial charge is 0.456 e. The molecule has 0 aliphatic rings. The average Bonchev–Trinajstić information content (AvgIpc) is 3.85. The third-order valence-electron chi connectivity index (χ3n) is 11.1. The van der Waals surface area contributed by atoms with Crippen LogP contribution < -0.4 is 0 Å². The highest BCUT2D eigenvalue weighted by Gasteiger charge is 2.22. The van der Waals surface area contributed by atoms with Gasteiger partial charge in [0.2, 0.25) is 0 Å². The standard InChI is InChI=1S/C51H29N3O2/c1-2-13-30(14-3-1)49-52-50(31-27-28-36-34-17-5-4-15-32(34)33-16-6-7-18-35(33)41(36)29-31)54-51(53-49)40-22-12-26-45-48(40)47-38(21-11-25-44(47)56-45)37-20-10-24-43-46(37)39-19-8-9-23-42(39)55-43/h1-29H. The summed E-state index contributed by atoms with van der Waals surface area (Å²) in [6.07, 6.45) is 0. The second kappa shape index (κ2) is 11.9. The van der Waals surface area contributed by atoms with Gasteiger partial charge in [-0.25, -0.2) is 15.0 Å². The number of hydrogen-bond donors (Lipinski definition) is 0. The zero-order chi connectivity index (χ0) is 36.7. The molecular formula is C51H29N3O2. The molecule has 0 bridgehead atoms. The first-order valence-electron chi connectivity index (χ1n) is 18.8. The third-order valence-corrected chi connectivity index (χ3v) is 11.1. The van der Waals surface area contributed by atoms with Crippen molar-refractivity contribution in [1.29, 1.82) is 0 Å². The number of benzene rings is 9. The molecule has 0 aliphatic carbocycles. The fourth-order valence-corrected chi connectivity index (χ4v) is 8.66. The van der Waals surface area contributed by atoms with Crippen molar-refractivity contribution in [2.45, 2.75) is 0 Å². The molecule has 12 aromatic rings. The van der Waals surface area contributed by atoms with E-state index in [1.54, 1.807) is 0 Å². The second-order valence-electron chi connectivity index (χ2n) is 14.3. The van der Waals surface area contributed by atoms with Gasteiger partial charge in [-0.05, 0) is 73.8 Å². The Balaban J connectivity index is 1.13. The molecule has 0 saturated carbocycles. The van der Waals surface area contributed by atoms with E-state index in [1.807, 2.05) is 66.7 Å². The van der Waals surface area contributed by atoms with Gasteiger partial charge in [0.1, 0.15) is 22.3 Å². The van der Waals surface area contributed by atoms with Crippen molar-refractivity contribution in [3.8, 4) is 45.3 Å². The van der Waals surface area contributed by atoms with Crippen LogP contribution in [0.3, 0.4) is 0 Å². The minimum Gasteiger partial charge on any atom is -0.456 e. The molecule has 56 heavy (non-hydrogen) atoms. The van der Waals surface area contributed by atoms with E-state index in [2.05, 4.69) is 109 Å². The molecule has 5 heteroatoms. The molecule has 0 unspecified atom stereocenters. The Bertz CT molecular complexity index is 3510. The van der Waals surface area contributed by atoms with E-state index < -0.39 is 0 Å². The predicted molar refractivity (Wildman–Crippen MR) is 229 cm³/mol. The summed E-state index contributed by atoms with van der Waals surface area (Å²) in [4.78, 5) is 15.6. The molecule has 0 saturated heterocycles. The summed E-state index contributed by atoms with van der Waals surface area (Å²) in [5, 5.41) is 11.4. The molecule has 5 nitrogen and oxygen atoms in total. The number of fused-ring (bicyclic) bond motifs is 12. The smallest absolute Gasteiger partial charge is 0.164 e. The summed E-state index contributed by atoms with van der Waals surface area (Å²) in [7, 11) is 0. The Morgan fingerprint density at radius 2 is 0.714 bits per heavy atom. The highest BCUT2D eigenvalue weighted by atomic mass is 16.3. The van der Waals surface area contributed by atoms with Crippen LogP contribution in [0.1, 0.15) is 0 Å². The van der Waals surface area contributed by atoms with Crippen LogP contribution in [0.2, 0.25) is 0 Å². The van der Waals surface area contributed by atoms with E-state index in [1.165, 1.54) is 26.9 Å². The van der Waals surface area contributed by atoms with Crippen molar-refractivity contribution in [3.05, 3.63) is 176 Å². The lowest BCUT2D eigenvalue weighted by molar-refractivity contribution is 0.668. The summed E-state index contributed by atoms with van der Waals surface area (Å²) in [5.74, 6) is 1.79. The van der Waals surface area contributed by atoms with Crippen molar-refractivity contribution in [3.63, 3.8) is 0 Å². The van der Waals surface area contributed by atoms with Gasteiger partial charge in [-0.3, -0.25) is 0 Å². The molecule has 0 radical (unpaired) electrons. The lowest BCUT2D eigenvalue weighted by Gasteiger charge is -2.13. The van der Waals surface area contributed by atoms with Gasteiger partial charge >= 0.3 is 0 Å². The van der Waals surface area contributed by atoms with Crippen LogP contribution in [0.15, 0.2) is 185 Å². The summed E-state index contributed by atoms with van der Waals surface area (Å²) < 4.78 is 12.9. The topological polar surface area (TPSA) is 65.0 Å². The van der Waals surface area contributed by atoms with Gasteiger partial charge in [0.05, 0.1) is 0 Å². The Labute approximate surface area is 320 Å². The third kappa shape index (κ3) is 4.58. The van der Waals surface area contributed by atoms with E-state index in [4.69, 9.17) is 23.8 Å². The molecule has 9 aromatic carbocycles. The Morgan fingerprint density at radius 3 is 1.39 bits per heavy atom. The minimum atomic E-state index is 0.576. The number of aromatic nitrogens is 3. The van der Waals surface area contributed by atoms with Crippen molar-refractivity contribution >= 4 is 76.2 Å². The van der Waals surface area contributed by atoms with Crippen molar-refractivity contribution in [2.75, 3.05) is 0 Å². The Kier molecular flexibility index (Phi) is 6.56. The second-order valence-corrected chi connectivity index (χ2v) is 14.3. The molecule has 260 valence electrons. The van der Waals surface area contributed by atoms with Crippen LogP contribution in [0.5, 0.6) is 0 Å². The average molecular weight is 716 g/mol. The fraction of sp³-hybridized carbons (Fsp3) is 0. The molecule has 0 atom stereocenters. The van der Waals surface area contributed by atoms with Gasteiger partial charge in [0.15, 0.2) is 17.5 Å². The quantitative estimate of drug-likeness (QED) is 0.170. The molecule has 0 amide bonds. The lowest BCUT2D eigenvalue weighted by Crippen LogP contribution is -2.00. The molecule has 0 N–H and O–H groups in total. The highest BCUT2D eigenvalue weighted by molar-refractivity contribution is 6.26. The normalized spacial score (nSPS) is 11.9. The van der Waals surface area contributed by atoms with Gasteiger partial charge in [-0.15, -0.1) is 0 Å². The van der Waals surface area contributed by atoms with Gasteiger partial charge in [0.25, 0.3) is 0 Å². The molecular weight excluding hydrogens is 687 g/mol. The lowest BCUT2D eigenvalue weighted by atomic mass is 9.93. The van der Waals surface area contributed by atoms with E-state index in [0.717, 1.165) is 77.1 Å². The predicted octanol–water partition coefficient (Wildman–Crippen LogP) is 13.8. The molecule has 3 heterocycles. The number of hydrogen-bond acceptors (Lipinski definition) is 5. The number of furan rings is 2. The van der Waals surface area contributed by atoms with E-state index in [9.17, 15) is 0 Å². The van der Waals surface area contributed by atoms with E-state index in [0.29, 0.717) is 17.5 Å². The maximum Gasteiger partial charge on any atom is 0.164 e. The SMILES string of the molecule is c1ccc(-c2nc(-c3ccc4c5ccccc5c5ccccc5c4c3)nc(-c3cccc4oc5cccc(-c6cccc7oc8ccccc8c67)c5c34)n2)cc1.